The van der Waals surface area contributed by atoms with Crippen LogP contribution < -0.4 is 0 Å². The van der Waals surface area contributed by atoms with E-state index in [9.17, 15) is 0 Å². The fraction of sp³-hybridized carbons (Fsp3) is 0.333. The van der Waals surface area contributed by atoms with Crippen molar-refractivity contribution in [2.75, 3.05) is 0 Å². The summed E-state index contributed by atoms with van der Waals surface area (Å²) >= 11 is 8.77. The molecule has 0 aromatic rings. The van der Waals surface area contributed by atoms with Crippen LogP contribution >= 0.6 is 24.4 Å². The lowest BCUT2D eigenvalue weighted by Crippen LogP contribution is -1.88. The van der Waals surface area contributed by atoms with Gasteiger partial charge in [0.25, 0.3) is 0 Å². The van der Waals surface area contributed by atoms with Gasteiger partial charge in [0.05, 0.1) is 0 Å². The standard InChI is InChI=1S/C3H4OS2/c1-3(6)4-2-5/h2H,1H3. The highest BCUT2D eigenvalue weighted by Crippen LogP contribution is 1.72. The molecule has 0 saturated carbocycles. The van der Waals surface area contributed by atoms with Gasteiger partial charge in [0.15, 0.2) is 10.6 Å². The van der Waals surface area contributed by atoms with Crippen molar-refractivity contribution < 1.29 is 4.74 Å². The fourth-order valence-electron chi connectivity index (χ4n) is 0.0678. The van der Waals surface area contributed by atoms with E-state index in [4.69, 9.17) is 0 Å². The van der Waals surface area contributed by atoms with Crippen molar-refractivity contribution in [3.8, 4) is 0 Å². The Labute approximate surface area is 47.3 Å². The molecule has 1 nitrogen and oxygen atoms in total. The largest absolute Gasteiger partial charge is 0.447 e. The molecule has 0 heterocycles. The maximum absolute atomic E-state index is 4.47. The Balaban J connectivity index is 3.05. The molecule has 0 aromatic carbocycles. The Morgan fingerprint density at radius 2 is 2.33 bits per heavy atom. The van der Waals surface area contributed by atoms with Crippen molar-refractivity contribution in [3.05, 3.63) is 0 Å². The van der Waals surface area contributed by atoms with E-state index in [0.29, 0.717) is 5.05 Å². The summed E-state index contributed by atoms with van der Waals surface area (Å²) in [6.07, 6.45) is 0. The van der Waals surface area contributed by atoms with E-state index in [-0.39, 0.29) is 0 Å². The lowest BCUT2D eigenvalue weighted by Gasteiger charge is -1.85. The van der Waals surface area contributed by atoms with Gasteiger partial charge in [-0.05, 0) is 24.4 Å². The second-order valence-corrected chi connectivity index (χ2v) is 1.47. The van der Waals surface area contributed by atoms with Crippen LogP contribution in [-0.4, -0.2) is 10.6 Å². The Kier molecular flexibility index (Phi) is 3.17. The zero-order chi connectivity index (χ0) is 4.99. The third-order valence-electron chi connectivity index (χ3n) is 0.214. The normalized spacial score (nSPS) is 6.83. The minimum Gasteiger partial charge on any atom is -0.447 e. The van der Waals surface area contributed by atoms with E-state index < -0.39 is 0 Å². The molecule has 0 radical (unpaired) electrons. The quantitative estimate of drug-likeness (QED) is 0.483. The number of rotatable bonds is 1. The van der Waals surface area contributed by atoms with Crippen LogP contribution in [0.5, 0.6) is 0 Å². The molecule has 3 heteroatoms. The average Bonchev–Trinajstić information content (AvgIpc) is 1.35. The van der Waals surface area contributed by atoms with Crippen LogP contribution in [0.4, 0.5) is 0 Å². The van der Waals surface area contributed by atoms with E-state index in [1.807, 2.05) is 0 Å². The van der Waals surface area contributed by atoms with Gasteiger partial charge in [-0.3, -0.25) is 0 Å². The van der Waals surface area contributed by atoms with Gasteiger partial charge in [0.1, 0.15) is 0 Å². The molecule has 0 aliphatic carbocycles. The van der Waals surface area contributed by atoms with Gasteiger partial charge in [-0.25, -0.2) is 0 Å². The molecule has 0 bridgehead atoms. The Morgan fingerprint density at radius 3 is 2.33 bits per heavy atom. The second-order valence-electron chi connectivity index (χ2n) is 0.706. The van der Waals surface area contributed by atoms with Gasteiger partial charge in [-0.15, -0.1) is 0 Å². The minimum atomic E-state index is 0.463. The predicted molar refractivity (Wildman–Crippen MR) is 33.0 cm³/mol. The maximum Gasteiger partial charge on any atom is 0.164 e. The first-order valence-electron chi connectivity index (χ1n) is 1.38. The summed E-state index contributed by atoms with van der Waals surface area (Å²) in [5, 5.41) is 0.463. The van der Waals surface area contributed by atoms with E-state index in [1.54, 1.807) is 6.92 Å². The van der Waals surface area contributed by atoms with Crippen LogP contribution in [0.3, 0.4) is 0 Å². The molecule has 0 amide bonds. The highest BCUT2D eigenvalue weighted by atomic mass is 32.1. The zero-order valence-corrected chi connectivity index (χ0v) is 4.94. The topological polar surface area (TPSA) is 9.23 Å². The first-order chi connectivity index (χ1) is 2.77. The second kappa shape index (κ2) is 3.18. The molecule has 0 aliphatic rings. The number of hydrogen-bond donors (Lipinski definition) is 0. The SMILES string of the molecule is CC(=S)OC=S. The van der Waals surface area contributed by atoms with E-state index in [0.717, 1.165) is 5.55 Å². The molecule has 0 fully saturated rings. The van der Waals surface area contributed by atoms with Crippen LogP contribution in [0.1, 0.15) is 6.92 Å². The molecule has 0 saturated heterocycles. The van der Waals surface area contributed by atoms with Crippen LogP contribution in [0.25, 0.3) is 0 Å². The van der Waals surface area contributed by atoms with Gasteiger partial charge in [0, 0.05) is 6.92 Å². The molecule has 0 rings (SSSR count). The average molecular weight is 120 g/mol. The van der Waals surface area contributed by atoms with Gasteiger partial charge in [-0.1, -0.05) is 0 Å². The number of hydrogen-bond acceptors (Lipinski definition) is 3. The molecule has 0 unspecified atom stereocenters. The fourth-order valence-corrected chi connectivity index (χ4v) is 0.321. The highest BCUT2D eigenvalue weighted by molar-refractivity contribution is 7.80. The molecule has 0 aromatic heterocycles. The smallest absolute Gasteiger partial charge is 0.164 e. The van der Waals surface area contributed by atoms with Crippen LogP contribution in [0.15, 0.2) is 0 Å². The Hall–Kier alpha value is -0.0200. The van der Waals surface area contributed by atoms with Crippen molar-refractivity contribution >= 4 is 35.0 Å². The molecular weight excluding hydrogens is 116 g/mol. The maximum atomic E-state index is 4.47. The molecule has 34 valence electrons. The predicted octanol–water partition coefficient (Wildman–Crippen LogP) is 1.31. The zero-order valence-electron chi connectivity index (χ0n) is 3.30. The lowest BCUT2D eigenvalue weighted by atomic mass is 10.9. The van der Waals surface area contributed by atoms with Crippen molar-refractivity contribution in [3.63, 3.8) is 0 Å². The number of ether oxygens (including phenoxy) is 1. The van der Waals surface area contributed by atoms with Crippen molar-refractivity contribution in [1.82, 2.24) is 0 Å². The lowest BCUT2D eigenvalue weighted by molar-refractivity contribution is 0.593. The Morgan fingerprint density at radius 1 is 1.83 bits per heavy atom. The van der Waals surface area contributed by atoms with Gasteiger partial charge in [0.2, 0.25) is 0 Å². The highest BCUT2D eigenvalue weighted by Gasteiger charge is 1.74. The van der Waals surface area contributed by atoms with Crippen molar-refractivity contribution in [2.24, 2.45) is 0 Å². The monoisotopic (exact) mass is 120 g/mol. The van der Waals surface area contributed by atoms with Gasteiger partial charge in [-0.2, -0.15) is 0 Å². The Bertz CT molecular complexity index is 69.2. The van der Waals surface area contributed by atoms with Gasteiger partial charge >= 0.3 is 0 Å². The van der Waals surface area contributed by atoms with Crippen LogP contribution in [0, 0.1) is 0 Å². The summed E-state index contributed by atoms with van der Waals surface area (Å²) < 4.78 is 4.46. The number of thiocarbonyl (C=S) groups is 2. The molecule has 0 aliphatic heterocycles. The van der Waals surface area contributed by atoms with Gasteiger partial charge < -0.3 is 4.74 Å². The van der Waals surface area contributed by atoms with Crippen LogP contribution in [-0.2, 0) is 4.74 Å². The summed E-state index contributed by atoms with van der Waals surface area (Å²) in [5.41, 5.74) is 1.14. The first kappa shape index (κ1) is 5.98. The summed E-state index contributed by atoms with van der Waals surface area (Å²) in [6, 6.07) is 0. The van der Waals surface area contributed by atoms with Crippen molar-refractivity contribution in [2.45, 2.75) is 6.92 Å². The van der Waals surface area contributed by atoms with E-state index in [1.165, 1.54) is 0 Å². The summed E-state index contributed by atoms with van der Waals surface area (Å²) in [6.45, 7) is 1.66. The molecular formula is C3H4OS2. The molecule has 0 atom stereocenters. The third-order valence-corrected chi connectivity index (χ3v) is 0.407. The summed E-state index contributed by atoms with van der Waals surface area (Å²) in [7, 11) is 0. The van der Waals surface area contributed by atoms with E-state index >= 15 is 0 Å². The van der Waals surface area contributed by atoms with E-state index in [2.05, 4.69) is 29.2 Å². The molecule has 6 heavy (non-hydrogen) atoms. The van der Waals surface area contributed by atoms with Crippen LogP contribution in [0.2, 0.25) is 0 Å². The first-order valence-corrected chi connectivity index (χ1v) is 2.26. The summed E-state index contributed by atoms with van der Waals surface area (Å²) in [4.78, 5) is 0. The molecule has 0 N–H and O–H groups in total. The third kappa shape index (κ3) is 3.98. The molecule has 0 spiro atoms. The van der Waals surface area contributed by atoms with Crippen molar-refractivity contribution in [1.29, 1.82) is 0 Å². The summed E-state index contributed by atoms with van der Waals surface area (Å²) in [5.74, 6) is 0. The minimum absolute atomic E-state index is 0.463.